The van der Waals surface area contributed by atoms with Gasteiger partial charge in [0, 0.05) is 23.1 Å². The predicted octanol–water partition coefficient (Wildman–Crippen LogP) is 3.08. The normalized spacial score (nSPS) is 15.9. The molecule has 1 N–H and O–H groups in total. The topological polar surface area (TPSA) is 28.7 Å². The number of halogens is 1. The molecule has 0 saturated carbocycles. The van der Waals surface area contributed by atoms with Crippen LogP contribution in [0.3, 0.4) is 0 Å². The average molecular weight is 231 g/mol. The van der Waals surface area contributed by atoms with Crippen LogP contribution in [0.15, 0.2) is 12.4 Å². The maximum absolute atomic E-state index is 4.26. The van der Waals surface area contributed by atoms with Crippen molar-refractivity contribution in [1.29, 1.82) is 0 Å². The van der Waals surface area contributed by atoms with Gasteiger partial charge in [0.25, 0.3) is 0 Å². The first kappa shape index (κ1) is 9.78. The Hall–Kier alpha value is -0.310. The van der Waals surface area contributed by atoms with E-state index in [-0.39, 0.29) is 0 Å². The lowest BCUT2D eigenvalue weighted by atomic mass is 10.0. The number of rotatable bonds is 4. The van der Waals surface area contributed by atoms with Crippen molar-refractivity contribution in [2.45, 2.75) is 37.4 Å². The van der Waals surface area contributed by atoms with Crippen LogP contribution in [-0.4, -0.2) is 14.8 Å². The second kappa shape index (κ2) is 4.65. The van der Waals surface area contributed by atoms with E-state index >= 15 is 0 Å². The minimum Gasteiger partial charge on any atom is -0.348 e. The molecule has 1 aromatic rings. The summed E-state index contributed by atoms with van der Waals surface area (Å²) in [5, 5.41) is 0. The van der Waals surface area contributed by atoms with Gasteiger partial charge in [-0.2, -0.15) is 0 Å². The van der Waals surface area contributed by atoms with E-state index in [4.69, 9.17) is 0 Å². The van der Waals surface area contributed by atoms with Crippen LogP contribution < -0.4 is 0 Å². The minimum atomic E-state index is 0.563. The third kappa shape index (κ3) is 2.63. The standard InChI is InChI=1S/C9H15BrN2/c1-3-8(6-7(2)10)9-11-4-5-12-9/h4-5,7-8H,3,6H2,1-2H3,(H,11,12). The molecule has 1 heterocycles. The summed E-state index contributed by atoms with van der Waals surface area (Å²) in [4.78, 5) is 7.99. The quantitative estimate of drug-likeness (QED) is 0.792. The van der Waals surface area contributed by atoms with Gasteiger partial charge >= 0.3 is 0 Å². The Morgan fingerprint density at radius 2 is 2.42 bits per heavy atom. The van der Waals surface area contributed by atoms with Crippen molar-refractivity contribution in [2.24, 2.45) is 0 Å². The molecule has 0 saturated heterocycles. The Morgan fingerprint density at radius 3 is 2.83 bits per heavy atom. The maximum atomic E-state index is 4.26. The van der Waals surface area contributed by atoms with Crippen LogP contribution in [0, 0.1) is 0 Å². The van der Waals surface area contributed by atoms with E-state index in [9.17, 15) is 0 Å². The first-order valence-corrected chi connectivity index (χ1v) is 5.29. The highest BCUT2D eigenvalue weighted by molar-refractivity contribution is 9.09. The van der Waals surface area contributed by atoms with E-state index in [0.29, 0.717) is 10.7 Å². The van der Waals surface area contributed by atoms with Crippen molar-refractivity contribution in [3.05, 3.63) is 18.2 Å². The summed E-state index contributed by atoms with van der Waals surface area (Å²) in [6.45, 7) is 4.37. The second-order valence-corrected chi connectivity index (χ2v) is 4.66. The van der Waals surface area contributed by atoms with Gasteiger partial charge in [-0.3, -0.25) is 0 Å². The zero-order chi connectivity index (χ0) is 8.97. The van der Waals surface area contributed by atoms with Gasteiger partial charge < -0.3 is 4.98 Å². The Morgan fingerprint density at radius 1 is 1.67 bits per heavy atom. The number of aromatic amines is 1. The van der Waals surface area contributed by atoms with Gasteiger partial charge in [0.15, 0.2) is 0 Å². The van der Waals surface area contributed by atoms with Gasteiger partial charge in [-0.25, -0.2) is 4.98 Å². The largest absolute Gasteiger partial charge is 0.348 e. The highest BCUT2D eigenvalue weighted by Crippen LogP contribution is 2.23. The van der Waals surface area contributed by atoms with Crippen molar-refractivity contribution in [2.75, 3.05) is 0 Å². The van der Waals surface area contributed by atoms with Crippen molar-refractivity contribution in [3.8, 4) is 0 Å². The third-order valence-electron chi connectivity index (χ3n) is 2.01. The molecule has 0 bridgehead atoms. The van der Waals surface area contributed by atoms with Crippen LogP contribution in [0.25, 0.3) is 0 Å². The molecule has 3 heteroatoms. The highest BCUT2D eigenvalue weighted by atomic mass is 79.9. The lowest BCUT2D eigenvalue weighted by Gasteiger charge is -2.13. The van der Waals surface area contributed by atoms with E-state index in [1.165, 1.54) is 0 Å². The molecule has 12 heavy (non-hydrogen) atoms. The fraction of sp³-hybridized carbons (Fsp3) is 0.667. The molecular formula is C9H15BrN2. The fourth-order valence-electron chi connectivity index (χ4n) is 1.36. The molecule has 0 aliphatic carbocycles. The zero-order valence-electron chi connectivity index (χ0n) is 7.55. The number of hydrogen-bond donors (Lipinski definition) is 1. The van der Waals surface area contributed by atoms with Crippen LogP contribution in [-0.2, 0) is 0 Å². The van der Waals surface area contributed by atoms with E-state index in [1.807, 2.05) is 12.4 Å². The number of nitrogens with one attached hydrogen (secondary N) is 1. The predicted molar refractivity (Wildman–Crippen MR) is 54.6 cm³/mol. The summed E-state index contributed by atoms with van der Waals surface area (Å²) in [7, 11) is 0. The molecule has 0 spiro atoms. The van der Waals surface area contributed by atoms with Crippen molar-refractivity contribution in [3.63, 3.8) is 0 Å². The summed E-state index contributed by atoms with van der Waals surface area (Å²) in [5.74, 6) is 1.68. The fourth-order valence-corrected chi connectivity index (χ4v) is 1.82. The van der Waals surface area contributed by atoms with Gasteiger partial charge in [0.05, 0.1) is 0 Å². The van der Waals surface area contributed by atoms with Crippen LogP contribution in [0.1, 0.15) is 38.4 Å². The highest BCUT2D eigenvalue weighted by Gasteiger charge is 2.13. The van der Waals surface area contributed by atoms with Gasteiger partial charge in [-0.05, 0) is 12.8 Å². The van der Waals surface area contributed by atoms with E-state index in [0.717, 1.165) is 18.7 Å². The number of alkyl halides is 1. The average Bonchev–Trinajstić information content (AvgIpc) is 2.51. The molecule has 1 aromatic heterocycles. The Labute approximate surface area is 81.9 Å². The van der Waals surface area contributed by atoms with Crippen LogP contribution in [0.2, 0.25) is 0 Å². The molecule has 0 aliphatic rings. The molecule has 0 amide bonds. The minimum absolute atomic E-state index is 0.563. The first-order valence-electron chi connectivity index (χ1n) is 4.37. The maximum Gasteiger partial charge on any atom is 0.109 e. The molecule has 0 fully saturated rings. The van der Waals surface area contributed by atoms with Crippen LogP contribution in [0.4, 0.5) is 0 Å². The lowest BCUT2D eigenvalue weighted by Crippen LogP contribution is -2.04. The molecule has 0 radical (unpaired) electrons. The Bertz CT molecular complexity index is 206. The third-order valence-corrected chi connectivity index (χ3v) is 2.38. The molecular weight excluding hydrogens is 216 g/mol. The number of aromatic nitrogens is 2. The molecule has 2 nitrogen and oxygen atoms in total. The van der Waals surface area contributed by atoms with E-state index in [1.54, 1.807) is 0 Å². The number of nitrogens with zero attached hydrogens (tertiary/aromatic N) is 1. The van der Waals surface area contributed by atoms with Crippen molar-refractivity contribution < 1.29 is 0 Å². The van der Waals surface area contributed by atoms with Crippen LogP contribution in [0.5, 0.6) is 0 Å². The van der Waals surface area contributed by atoms with Gasteiger partial charge in [-0.1, -0.05) is 29.8 Å². The van der Waals surface area contributed by atoms with E-state index in [2.05, 4.69) is 39.7 Å². The molecule has 1 rings (SSSR count). The van der Waals surface area contributed by atoms with Crippen molar-refractivity contribution >= 4 is 15.9 Å². The summed E-state index contributed by atoms with van der Waals surface area (Å²) in [6, 6.07) is 0. The number of imidazole rings is 1. The van der Waals surface area contributed by atoms with E-state index < -0.39 is 0 Å². The Kier molecular flexibility index (Phi) is 3.79. The molecule has 0 aliphatic heterocycles. The molecule has 2 unspecified atom stereocenters. The summed E-state index contributed by atoms with van der Waals surface area (Å²) in [5.41, 5.74) is 0. The SMILES string of the molecule is CCC(CC(C)Br)c1ncc[nH]1. The Balaban J connectivity index is 2.57. The number of H-pyrrole nitrogens is 1. The number of hydrogen-bond acceptors (Lipinski definition) is 1. The van der Waals surface area contributed by atoms with Crippen molar-refractivity contribution in [1.82, 2.24) is 9.97 Å². The van der Waals surface area contributed by atoms with Crippen LogP contribution >= 0.6 is 15.9 Å². The first-order chi connectivity index (χ1) is 5.74. The smallest absolute Gasteiger partial charge is 0.109 e. The molecule has 68 valence electrons. The summed E-state index contributed by atoms with van der Waals surface area (Å²) < 4.78 is 0. The second-order valence-electron chi connectivity index (χ2n) is 3.10. The summed E-state index contributed by atoms with van der Waals surface area (Å²) >= 11 is 3.56. The molecule has 2 atom stereocenters. The van der Waals surface area contributed by atoms with Gasteiger partial charge in [-0.15, -0.1) is 0 Å². The summed E-state index contributed by atoms with van der Waals surface area (Å²) in [6.07, 6.45) is 5.99. The van der Waals surface area contributed by atoms with Gasteiger partial charge in [0.2, 0.25) is 0 Å². The molecule has 0 aromatic carbocycles. The zero-order valence-corrected chi connectivity index (χ0v) is 9.13. The monoisotopic (exact) mass is 230 g/mol. The lowest BCUT2D eigenvalue weighted by molar-refractivity contribution is 0.580. The van der Waals surface area contributed by atoms with Gasteiger partial charge in [0.1, 0.15) is 5.82 Å².